The molecule has 0 saturated carbocycles. The summed E-state index contributed by atoms with van der Waals surface area (Å²) in [4.78, 5) is 0. The van der Waals surface area contributed by atoms with Crippen LogP contribution in [0.25, 0.3) is 39.4 Å². The van der Waals surface area contributed by atoms with Gasteiger partial charge in [0.25, 0.3) is 5.82 Å². The number of rotatable bonds is 8. The molecule has 232 valence electrons. The summed E-state index contributed by atoms with van der Waals surface area (Å²) in [6.45, 7) is 15.1. The molecule has 3 nitrogen and oxygen atoms in total. The second kappa shape index (κ2) is 11.7. The summed E-state index contributed by atoms with van der Waals surface area (Å²) in [5.41, 5.74) is 11.7. The number of benzene rings is 4. The standard InChI is InChI=1S/C43H47N3/c1-7-42(6)36-23-13-11-22-35(36)37-24-17-18-29-45(37)43(42,8-2)28-30-44-39-26-15-16-27-40(39)46(38-25-14-12-20-33(38)31(3)4)41(44)34-21-10-9-19-32(34)5/h9-27,29,31H,7-8,28,30H2,1-6H3/q+2. The van der Waals surface area contributed by atoms with E-state index in [1.54, 1.807) is 0 Å². The summed E-state index contributed by atoms with van der Waals surface area (Å²) in [6, 6.07) is 42.8. The molecule has 1 aliphatic heterocycles. The van der Waals surface area contributed by atoms with E-state index in [2.05, 4.69) is 177 Å². The van der Waals surface area contributed by atoms with E-state index in [-0.39, 0.29) is 11.0 Å². The molecule has 0 N–H and O–H groups in total. The zero-order valence-electron chi connectivity index (χ0n) is 28.3. The van der Waals surface area contributed by atoms with E-state index in [1.807, 2.05) is 0 Å². The number of nitrogens with zero attached hydrogens (tertiary/aromatic N) is 3. The number of hydrogen-bond donors (Lipinski definition) is 0. The SMILES string of the molecule is CCC1(C)c2ccccc2-c2cccc[n+]2C1(CC)CC[n+]1c(-c2ccccc2C)n(-c2ccccc2C(C)C)c2ccccc21. The molecule has 2 unspecified atom stereocenters. The first-order valence-corrected chi connectivity index (χ1v) is 17.2. The highest BCUT2D eigenvalue weighted by atomic mass is 15.2. The van der Waals surface area contributed by atoms with Crippen LogP contribution in [0.4, 0.5) is 0 Å². The fourth-order valence-corrected chi connectivity index (χ4v) is 8.66. The lowest BCUT2D eigenvalue weighted by molar-refractivity contribution is -0.779. The van der Waals surface area contributed by atoms with Crippen LogP contribution in [-0.2, 0) is 17.5 Å². The van der Waals surface area contributed by atoms with Crippen LogP contribution in [-0.4, -0.2) is 4.57 Å². The third kappa shape index (κ3) is 4.39. The molecule has 3 heterocycles. The number of imidazole rings is 1. The Labute approximate surface area is 274 Å². The average molecular weight is 606 g/mol. The maximum atomic E-state index is 2.64. The van der Waals surface area contributed by atoms with Crippen LogP contribution in [0, 0.1) is 6.92 Å². The van der Waals surface area contributed by atoms with Gasteiger partial charge in [0.15, 0.2) is 22.8 Å². The number of hydrogen-bond acceptors (Lipinski definition) is 0. The van der Waals surface area contributed by atoms with E-state index in [1.165, 1.54) is 56.1 Å². The Morgan fingerprint density at radius 2 is 1.39 bits per heavy atom. The lowest BCUT2D eigenvalue weighted by Gasteiger charge is -2.47. The molecule has 7 rings (SSSR count). The summed E-state index contributed by atoms with van der Waals surface area (Å²) >= 11 is 0. The van der Waals surface area contributed by atoms with Gasteiger partial charge in [0.2, 0.25) is 5.69 Å². The third-order valence-electron chi connectivity index (χ3n) is 11.3. The lowest BCUT2D eigenvalue weighted by Crippen LogP contribution is -2.69. The van der Waals surface area contributed by atoms with Crippen LogP contribution in [0.3, 0.4) is 0 Å². The maximum absolute atomic E-state index is 2.64. The first-order chi connectivity index (χ1) is 22.4. The van der Waals surface area contributed by atoms with Crippen molar-refractivity contribution in [3.05, 3.63) is 138 Å². The number of para-hydroxylation sites is 3. The molecule has 2 aromatic heterocycles. The molecule has 3 heteroatoms. The van der Waals surface area contributed by atoms with Gasteiger partial charge in [-0.2, -0.15) is 9.13 Å². The predicted molar refractivity (Wildman–Crippen MR) is 190 cm³/mol. The van der Waals surface area contributed by atoms with Gasteiger partial charge >= 0.3 is 0 Å². The van der Waals surface area contributed by atoms with Crippen molar-refractivity contribution in [3.8, 4) is 28.3 Å². The molecule has 46 heavy (non-hydrogen) atoms. The van der Waals surface area contributed by atoms with Gasteiger partial charge in [-0.15, -0.1) is 0 Å². The third-order valence-corrected chi connectivity index (χ3v) is 11.3. The van der Waals surface area contributed by atoms with Crippen molar-refractivity contribution < 1.29 is 9.13 Å². The smallest absolute Gasteiger partial charge is 0.222 e. The molecule has 0 bridgehead atoms. The van der Waals surface area contributed by atoms with Gasteiger partial charge in [0.05, 0.1) is 29.5 Å². The second-order valence-corrected chi connectivity index (χ2v) is 13.7. The highest BCUT2D eigenvalue weighted by Crippen LogP contribution is 2.51. The minimum absolute atomic E-state index is 0.0383. The Kier molecular flexibility index (Phi) is 7.67. The monoisotopic (exact) mass is 605 g/mol. The van der Waals surface area contributed by atoms with Crippen molar-refractivity contribution in [2.45, 2.75) is 84.2 Å². The first kappa shape index (κ1) is 30.2. The quantitative estimate of drug-likeness (QED) is 0.153. The van der Waals surface area contributed by atoms with Crippen LogP contribution in [0.2, 0.25) is 0 Å². The highest BCUT2D eigenvalue weighted by molar-refractivity contribution is 5.80. The average Bonchev–Trinajstić information content (AvgIpc) is 3.42. The molecule has 6 aromatic rings. The minimum Gasteiger partial charge on any atom is -0.222 e. The van der Waals surface area contributed by atoms with E-state index in [9.17, 15) is 0 Å². The molecule has 0 fully saturated rings. The molecule has 0 aliphatic carbocycles. The van der Waals surface area contributed by atoms with Gasteiger partial charge in [-0.25, -0.2) is 4.57 Å². The fourth-order valence-electron chi connectivity index (χ4n) is 8.66. The van der Waals surface area contributed by atoms with Crippen molar-refractivity contribution in [3.63, 3.8) is 0 Å². The summed E-state index contributed by atoms with van der Waals surface area (Å²) < 4.78 is 7.81. The first-order valence-electron chi connectivity index (χ1n) is 17.2. The van der Waals surface area contributed by atoms with Crippen molar-refractivity contribution in [2.75, 3.05) is 0 Å². The molecule has 0 spiro atoms. The van der Waals surface area contributed by atoms with Gasteiger partial charge in [0, 0.05) is 24.1 Å². The summed E-state index contributed by atoms with van der Waals surface area (Å²) in [6.07, 6.45) is 5.46. The highest BCUT2D eigenvalue weighted by Gasteiger charge is 2.59. The van der Waals surface area contributed by atoms with Gasteiger partial charge < -0.3 is 0 Å². The maximum Gasteiger partial charge on any atom is 0.295 e. The largest absolute Gasteiger partial charge is 0.295 e. The van der Waals surface area contributed by atoms with Crippen LogP contribution in [0.15, 0.2) is 121 Å². The number of aryl methyl sites for hydroxylation is 2. The van der Waals surface area contributed by atoms with Crippen molar-refractivity contribution in [1.29, 1.82) is 0 Å². The Balaban J connectivity index is 1.49. The molecule has 0 amide bonds. The molecule has 1 aliphatic rings. The number of pyridine rings is 1. The lowest BCUT2D eigenvalue weighted by atomic mass is 9.58. The molecular formula is C43H47N3+2. The Hall–Kier alpha value is -4.50. The van der Waals surface area contributed by atoms with E-state index >= 15 is 0 Å². The second-order valence-electron chi connectivity index (χ2n) is 13.7. The van der Waals surface area contributed by atoms with Crippen molar-refractivity contribution in [1.82, 2.24) is 4.57 Å². The van der Waals surface area contributed by atoms with E-state index in [0.717, 1.165) is 25.8 Å². The summed E-state index contributed by atoms with van der Waals surface area (Å²) in [5.74, 6) is 1.66. The summed E-state index contributed by atoms with van der Waals surface area (Å²) in [5, 5.41) is 0. The van der Waals surface area contributed by atoms with E-state index < -0.39 is 0 Å². The normalized spacial score (nSPS) is 18.9. The molecule has 4 aromatic carbocycles. The Bertz CT molecular complexity index is 2050. The van der Waals surface area contributed by atoms with E-state index in [4.69, 9.17) is 0 Å². The molecule has 0 radical (unpaired) electrons. The van der Waals surface area contributed by atoms with Crippen LogP contribution < -0.4 is 9.13 Å². The molecule has 0 saturated heterocycles. The van der Waals surface area contributed by atoms with Gasteiger partial charge in [0.1, 0.15) is 5.69 Å². The topological polar surface area (TPSA) is 12.7 Å². The zero-order valence-corrected chi connectivity index (χ0v) is 28.3. The molecule has 2 atom stereocenters. The fraction of sp³-hybridized carbons (Fsp3) is 0.302. The Morgan fingerprint density at radius 1 is 0.717 bits per heavy atom. The molecular weight excluding hydrogens is 558 g/mol. The van der Waals surface area contributed by atoms with Gasteiger partial charge in [-0.3, -0.25) is 0 Å². The van der Waals surface area contributed by atoms with Gasteiger partial charge in [-0.1, -0.05) is 94.4 Å². The minimum atomic E-state index is -0.109. The van der Waals surface area contributed by atoms with Crippen molar-refractivity contribution >= 4 is 11.0 Å². The number of aromatic nitrogens is 3. The van der Waals surface area contributed by atoms with Crippen LogP contribution in [0.5, 0.6) is 0 Å². The zero-order chi connectivity index (χ0) is 32.1. The van der Waals surface area contributed by atoms with Gasteiger partial charge in [-0.05, 0) is 73.7 Å². The summed E-state index contributed by atoms with van der Waals surface area (Å²) in [7, 11) is 0. The van der Waals surface area contributed by atoms with Crippen molar-refractivity contribution in [2.24, 2.45) is 0 Å². The van der Waals surface area contributed by atoms with E-state index in [0.29, 0.717) is 5.92 Å². The van der Waals surface area contributed by atoms with Crippen LogP contribution >= 0.6 is 0 Å². The Morgan fingerprint density at radius 3 is 2.15 bits per heavy atom. The predicted octanol–water partition coefficient (Wildman–Crippen LogP) is 9.85. The number of fused-ring (bicyclic) bond motifs is 4. The van der Waals surface area contributed by atoms with Crippen LogP contribution in [0.1, 0.15) is 76.5 Å².